The highest BCUT2D eigenvalue weighted by Gasteiger charge is 2.35. The minimum atomic E-state index is -0.697. The number of amides is 1. The molecule has 186 valence electrons. The predicted octanol–water partition coefficient (Wildman–Crippen LogP) is 2.74. The van der Waals surface area contributed by atoms with Gasteiger partial charge in [-0.15, -0.1) is 0 Å². The number of anilines is 1. The molecular weight excluding hydrogens is 441 g/mol. The standard InChI is InChI=1S/C24H34FN5O4/c1-13-19-17(21(31)30(26)22(32)29(19)16-7-8-16)11-18(25)20(13)28-10-9-15(12-28)14(2)27(6)23(33)34-24(3,4)5/h11,14-16H,7-10,12,26H2,1-6H3/t14-,15+/m0/s1. The van der Waals surface area contributed by atoms with Crippen molar-refractivity contribution in [3.8, 4) is 0 Å². The Kier molecular flexibility index (Phi) is 5.90. The second-order valence-electron chi connectivity index (χ2n) is 10.6. The lowest BCUT2D eigenvalue weighted by atomic mass is 9.99. The van der Waals surface area contributed by atoms with Gasteiger partial charge in [-0.1, -0.05) is 0 Å². The first-order chi connectivity index (χ1) is 15.8. The molecule has 1 saturated carbocycles. The molecule has 1 aliphatic heterocycles. The van der Waals surface area contributed by atoms with Crippen molar-refractivity contribution < 1.29 is 13.9 Å². The number of nitrogens with two attached hydrogens (primary N) is 1. The molecule has 1 aromatic carbocycles. The van der Waals surface area contributed by atoms with Gasteiger partial charge in [0.1, 0.15) is 11.4 Å². The van der Waals surface area contributed by atoms with Crippen LogP contribution in [0.5, 0.6) is 0 Å². The molecule has 1 saturated heterocycles. The van der Waals surface area contributed by atoms with Crippen molar-refractivity contribution in [2.45, 2.75) is 71.6 Å². The summed E-state index contributed by atoms with van der Waals surface area (Å²) in [4.78, 5) is 41.5. The quantitative estimate of drug-likeness (QED) is 0.682. The second-order valence-corrected chi connectivity index (χ2v) is 10.6. The number of benzene rings is 1. The maximum atomic E-state index is 15.4. The molecule has 1 aromatic heterocycles. The van der Waals surface area contributed by atoms with Crippen LogP contribution >= 0.6 is 0 Å². The van der Waals surface area contributed by atoms with Gasteiger partial charge in [-0.25, -0.2) is 14.0 Å². The Bertz CT molecular complexity index is 1260. The van der Waals surface area contributed by atoms with Crippen LogP contribution < -0.4 is 22.0 Å². The molecular formula is C24H34FN5O4. The van der Waals surface area contributed by atoms with Gasteiger partial charge in [-0.3, -0.25) is 9.36 Å². The molecule has 1 aliphatic carbocycles. The van der Waals surface area contributed by atoms with Crippen molar-refractivity contribution in [1.29, 1.82) is 0 Å². The van der Waals surface area contributed by atoms with E-state index in [-0.39, 0.29) is 23.4 Å². The van der Waals surface area contributed by atoms with E-state index in [9.17, 15) is 14.4 Å². The van der Waals surface area contributed by atoms with E-state index in [1.54, 1.807) is 23.4 Å². The smallest absolute Gasteiger partial charge is 0.410 e. The van der Waals surface area contributed by atoms with Gasteiger partial charge in [-0.05, 0) is 65.9 Å². The Hall–Kier alpha value is -3.04. The first kappa shape index (κ1) is 24.1. The van der Waals surface area contributed by atoms with Gasteiger partial charge in [0, 0.05) is 37.8 Å². The maximum absolute atomic E-state index is 15.4. The first-order valence-electron chi connectivity index (χ1n) is 11.8. The highest BCUT2D eigenvalue weighted by molar-refractivity contribution is 5.87. The third-order valence-electron chi connectivity index (χ3n) is 6.99. The van der Waals surface area contributed by atoms with Crippen molar-refractivity contribution in [2.75, 3.05) is 30.9 Å². The van der Waals surface area contributed by atoms with E-state index in [1.165, 1.54) is 6.07 Å². The van der Waals surface area contributed by atoms with Crippen LogP contribution in [0, 0.1) is 18.7 Å². The third kappa shape index (κ3) is 4.14. The highest BCUT2D eigenvalue weighted by Crippen LogP contribution is 2.39. The Morgan fingerprint density at radius 1 is 1.26 bits per heavy atom. The average Bonchev–Trinajstić information content (AvgIpc) is 3.47. The van der Waals surface area contributed by atoms with Gasteiger partial charge in [0.05, 0.1) is 16.6 Å². The summed E-state index contributed by atoms with van der Waals surface area (Å²) in [6.45, 7) is 10.3. The average molecular weight is 476 g/mol. The largest absolute Gasteiger partial charge is 0.444 e. The Balaban J connectivity index is 1.67. The maximum Gasteiger partial charge on any atom is 0.410 e. The van der Waals surface area contributed by atoms with Crippen molar-refractivity contribution >= 4 is 22.7 Å². The molecule has 1 amide bonds. The van der Waals surface area contributed by atoms with Gasteiger partial charge in [0.2, 0.25) is 0 Å². The van der Waals surface area contributed by atoms with Crippen LogP contribution in [-0.2, 0) is 4.74 Å². The summed E-state index contributed by atoms with van der Waals surface area (Å²) < 4.78 is 23.0. The molecule has 0 unspecified atom stereocenters. The van der Waals surface area contributed by atoms with Crippen LogP contribution in [0.1, 0.15) is 58.6 Å². The number of ether oxygens (including phenoxy) is 1. The summed E-state index contributed by atoms with van der Waals surface area (Å²) in [5.74, 6) is 5.30. The fraction of sp³-hybridized carbons (Fsp3) is 0.625. The molecule has 2 aliphatic rings. The molecule has 2 atom stereocenters. The zero-order valence-electron chi connectivity index (χ0n) is 20.7. The lowest BCUT2D eigenvalue weighted by Gasteiger charge is -2.32. The number of rotatable bonds is 4. The molecule has 2 N–H and O–H groups in total. The monoisotopic (exact) mass is 475 g/mol. The first-order valence-corrected chi connectivity index (χ1v) is 11.8. The van der Waals surface area contributed by atoms with E-state index in [2.05, 4.69) is 0 Å². The molecule has 10 heteroatoms. The number of hydrogen-bond donors (Lipinski definition) is 1. The fourth-order valence-electron chi connectivity index (χ4n) is 4.92. The fourth-order valence-corrected chi connectivity index (χ4v) is 4.92. The third-order valence-corrected chi connectivity index (χ3v) is 6.99. The number of aromatic nitrogens is 2. The van der Waals surface area contributed by atoms with E-state index in [0.29, 0.717) is 34.5 Å². The topological polar surface area (TPSA) is 103 Å². The number of aryl methyl sites for hydroxylation is 1. The summed E-state index contributed by atoms with van der Waals surface area (Å²) in [7, 11) is 1.72. The zero-order valence-corrected chi connectivity index (χ0v) is 20.7. The second kappa shape index (κ2) is 8.32. The van der Waals surface area contributed by atoms with Gasteiger partial charge in [-0.2, -0.15) is 4.68 Å². The molecule has 0 bridgehead atoms. The van der Waals surface area contributed by atoms with Crippen LogP contribution in [0.2, 0.25) is 0 Å². The van der Waals surface area contributed by atoms with Gasteiger partial charge in [0.15, 0.2) is 0 Å². The minimum absolute atomic E-state index is 0.0313. The van der Waals surface area contributed by atoms with Crippen LogP contribution in [0.25, 0.3) is 10.9 Å². The van der Waals surface area contributed by atoms with Crippen LogP contribution in [0.4, 0.5) is 14.9 Å². The number of carbonyl (C=O) groups excluding carboxylic acids is 1. The summed E-state index contributed by atoms with van der Waals surface area (Å²) in [6, 6.07) is 1.06. The normalized spacial score (nSPS) is 19.5. The molecule has 4 rings (SSSR count). The molecule has 0 spiro atoms. The summed E-state index contributed by atoms with van der Waals surface area (Å²) in [6.07, 6.45) is 2.02. The predicted molar refractivity (Wildman–Crippen MR) is 129 cm³/mol. The summed E-state index contributed by atoms with van der Waals surface area (Å²) in [5.41, 5.74) is -0.448. The van der Waals surface area contributed by atoms with Crippen molar-refractivity contribution in [3.05, 3.63) is 38.3 Å². The van der Waals surface area contributed by atoms with Crippen molar-refractivity contribution in [2.24, 2.45) is 5.92 Å². The Morgan fingerprint density at radius 3 is 2.50 bits per heavy atom. The Labute approximate surface area is 197 Å². The zero-order chi connectivity index (χ0) is 25.1. The van der Waals surface area contributed by atoms with E-state index in [0.717, 1.165) is 19.3 Å². The number of fused-ring (bicyclic) bond motifs is 1. The van der Waals surface area contributed by atoms with E-state index >= 15 is 4.39 Å². The highest BCUT2D eigenvalue weighted by atomic mass is 19.1. The molecule has 9 nitrogen and oxygen atoms in total. The lowest BCUT2D eigenvalue weighted by Crippen LogP contribution is -2.45. The number of halogens is 1. The number of carbonyl (C=O) groups is 1. The molecule has 2 aromatic rings. The molecule has 34 heavy (non-hydrogen) atoms. The van der Waals surface area contributed by atoms with Gasteiger partial charge >= 0.3 is 11.8 Å². The number of hydrogen-bond acceptors (Lipinski definition) is 6. The van der Waals surface area contributed by atoms with Gasteiger partial charge < -0.3 is 20.4 Å². The van der Waals surface area contributed by atoms with Crippen molar-refractivity contribution in [3.63, 3.8) is 0 Å². The number of nitrogen functional groups attached to an aromatic ring is 1. The van der Waals surface area contributed by atoms with Crippen molar-refractivity contribution in [1.82, 2.24) is 14.1 Å². The van der Waals surface area contributed by atoms with E-state index in [1.807, 2.05) is 32.6 Å². The van der Waals surface area contributed by atoms with Crippen LogP contribution in [-0.4, -0.2) is 52.0 Å². The lowest BCUT2D eigenvalue weighted by molar-refractivity contribution is 0.0192. The number of nitrogens with zero attached hydrogens (tertiary/aromatic N) is 4. The summed E-state index contributed by atoms with van der Waals surface area (Å²) >= 11 is 0. The van der Waals surface area contributed by atoms with E-state index in [4.69, 9.17) is 10.6 Å². The Morgan fingerprint density at radius 2 is 1.91 bits per heavy atom. The van der Waals surface area contributed by atoms with Crippen LogP contribution in [0.3, 0.4) is 0 Å². The summed E-state index contributed by atoms with van der Waals surface area (Å²) in [5, 5.41) is 0.113. The molecule has 2 fully saturated rings. The SMILES string of the molecule is Cc1c(N2CC[C@@H]([C@H](C)N(C)C(=O)OC(C)(C)C)C2)c(F)cc2c(=O)n(N)c(=O)n(C3CC3)c12. The minimum Gasteiger partial charge on any atom is -0.444 e. The molecule has 0 radical (unpaired) electrons. The van der Waals surface area contributed by atoms with Gasteiger partial charge in [0.25, 0.3) is 5.56 Å². The van der Waals surface area contributed by atoms with Crippen LogP contribution in [0.15, 0.2) is 15.7 Å². The van der Waals surface area contributed by atoms with E-state index < -0.39 is 28.8 Å². The molecule has 2 heterocycles.